The molecule has 2 heterocycles. The van der Waals surface area contributed by atoms with Gasteiger partial charge in [0.15, 0.2) is 5.78 Å². The summed E-state index contributed by atoms with van der Waals surface area (Å²) >= 11 is 0. The second kappa shape index (κ2) is 6.60. The van der Waals surface area contributed by atoms with E-state index in [1.807, 2.05) is 0 Å². The largest absolute Gasteiger partial charge is 0.466 e. The van der Waals surface area contributed by atoms with E-state index in [1.54, 1.807) is 33.8 Å². The molecule has 122 valence electrons. The fraction of sp³-hybridized carbons (Fsp3) is 0.375. The second-order valence-electron chi connectivity index (χ2n) is 5.08. The van der Waals surface area contributed by atoms with Crippen LogP contribution < -0.4 is 5.56 Å². The number of nitrogens with zero attached hydrogens (tertiary/aromatic N) is 2. The monoisotopic (exact) mass is 318 g/mol. The number of ether oxygens (including phenoxy) is 1. The van der Waals surface area contributed by atoms with Gasteiger partial charge in [-0.2, -0.15) is 0 Å². The fourth-order valence-corrected chi connectivity index (χ4v) is 2.25. The Hall–Kier alpha value is -2.70. The van der Waals surface area contributed by atoms with E-state index in [0.29, 0.717) is 22.9 Å². The molecule has 0 aliphatic carbocycles. The van der Waals surface area contributed by atoms with E-state index in [2.05, 4.69) is 4.98 Å². The zero-order valence-corrected chi connectivity index (χ0v) is 13.5. The molecule has 0 aliphatic heterocycles. The molecule has 0 bridgehead atoms. The molecule has 2 rings (SSSR count). The summed E-state index contributed by atoms with van der Waals surface area (Å²) in [7, 11) is 0. The standard InChI is InChI=1S/C16H18N2O5/c1-5-22-16(21)13-7-17-11(4)18(15(13)20)8-14(19)12-6-9(2)23-10(12)3/h6-7H,5,8H2,1-4H3. The number of aryl methyl sites for hydroxylation is 3. The lowest BCUT2D eigenvalue weighted by Gasteiger charge is -2.09. The Morgan fingerprint density at radius 1 is 1.26 bits per heavy atom. The summed E-state index contributed by atoms with van der Waals surface area (Å²) in [5.41, 5.74) is -0.372. The molecule has 2 aromatic heterocycles. The topological polar surface area (TPSA) is 91.4 Å². The lowest BCUT2D eigenvalue weighted by Crippen LogP contribution is -2.32. The number of ketones is 1. The maximum Gasteiger partial charge on any atom is 0.345 e. The molecule has 0 amide bonds. The van der Waals surface area contributed by atoms with E-state index in [9.17, 15) is 14.4 Å². The van der Waals surface area contributed by atoms with Crippen LogP contribution >= 0.6 is 0 Å². The maximum atomic E-state index is 12.4. The van der Waals surface area contributed by atoms with Crippen LogP contribution in [0, 0.1) is 20.8 Å². The number of furan rings is 1. The van der Waals surface area contributed by atoms with E-state index in [-0.39, 0.29) is 24.5 Å². The molecule has 0 aromatic carbocycles. The Morgan fingerprint density at radius 2 is 1.96 bits per heavy atom. The van der Waals surface area contributed by atoms with Crippen molar-refractivity contribution in [3.8, 4) is 0 Å². The van der Waals surface area contributed by atoms with Gasteiger partial charge in [-0.1, -0.05) is 0 Å². The van der Waals surface area contributed by atoms with Crippen molar-refractivity contribution in [2.24, 2.45) is 0 Å². The zero-order chi connectivity index (χ0) is 17.1. The number of aromatic nitrogens is 2. The van der Waals surface area contributed by atoms with Crippen LogP contribution in [0.15, 0.2) is 21.5 Å². The van der Waals surface area contributed by atoms with Crippen molar-refractivity contribution in [2.75, 3.05) is 6.61 Å². The van der Waals surface area contributed by atoms with Gasteiger partial charge in [0.25, 0.3) is 5.56 Å². The number of hydrogen-bond donors (Lipinski definition) is 0. The van der Waals surface area contributed by atoms with Crippen molar-refractivity contribution in [3.05, 3.63) is 51.1 Å². The van der Waals surface area contributed by atoms with E-state index >= 15 is 0 Å². The molecule has 0 radical (unpaired) electrons. The second-order valence-corrected chi connectivity index (χ2v) is 5.08. The highest BCUT2D eigenvalue weighted by atomic mass is 16.5. The van der Waals surface area contributed by atoms with Crippen LogP contribution in [-0.2, 0) is 11.3 Å². The SMILES string of the molecule is CCOC(=O)c1cnc(C)n(CC(=O)c2cc(C)oc2C)c1=O. The molecular formula is C16H18N2O5. The molecule has 0 spiro atoms. The quantitative estimate of drug-likeness (QED) is 0.617. The average molecular weight is 318 g/mol. The van der Waals surface area contributed by atoms with E-state index in [1.165, 1.54) is 6.20 Å². The molecule has 0 atom stereocenters. The van der Waals surface area contributed by atoms with Crippen molar-refractivity contribution in [1.82, 2.24) is 9.55 Å². The minimum Gasteiger partial charge on any atom is -0.466 e. The number of carbonyl (C=O) groups excluding carboxylic acids is 2. The summed E-state index contributed by atoms with van der Waals surface area (Å²) in [6.45, 7) is 6.60. The molecule has 7 heteroatoms. The number of esters is 1. The summed E-state index contributed by atoms with van der Waals surface area (Å²) in [5, 5.41) is 0. The summed E-state index contributed by atoms with van der Waals surface area (Å²) in [5.74, 6) is 0.421. The summed E-state index contributed by atoms with van der Waals surface area (Å²) in [6, 6.07) is 1.63. The average Bonchev–Trinajstić information content (AvgIpc) is 2.82. The minimum atomic E-state index is -0.749. The van der Waals surface area contributed by atoms with Crippen molar-refractivity contribution >= 4 is 11.8 Å². The van der Waals surface area contributed by atoms with Gasteiger partial charge in [0.2, 0.25) is 0 Å². The summed E-state index contributed by atoms with van der Waals surface area (Å²) in [4.78, 5) is 40.6. The lowest BCUT2D eigenvalue weighted by atomic mass is 10.1. The first-order valence-corrected chi connectivity index (χ1v) is 7.19. The number of hydrogen-bond acceptors (Lipinski definition) is 6. The molecular weight excluding hydrogens is 300 g/mol. The van der Waals surface area contributed by atoms with Crippen LogP contribution in [0.5, 0.6) is 0 Å². The minimum absolute atomic E-state index is 0.151. The molecule has 7 nitrogen and oxygen atoms in total. The Kier molecular flexibility index (Phi) is 4.78. The van der Waals surface area contributed by atoms with Gasteiger partial charge < -0.3 is 9.15 Å². The van der Waals surface area contributed by atoms with Crippen molar-refractivity contribution in [3.63, 3.8) is 0 Å². The van der Waals surface area contributed by atoms with Crippen LogP contribution in [0.3, 0.4) is 0 Å². The van der Waals surface area contributed by atoms with Crippen LogP contribution in [-0.4, -0.2) is 27.9 Å². The van der Waals surface area contributed by atoms with Gasteiger partial charge >= 0.3 is 5.97 Å². The molecule has 0 saturated heterocycles. The molecule has 0 unspecified atom stereocenters. The zero-order valence-electron chi connectivity index (χ0n) is 13.5. The molecule has 23 heavy (non-hydrogen) atoms. The molecule has 2 aromatic rings. The highest BCUT2D eigenvalue weighted by molar-refractivity contribution is 5.97. The normalized spacial score (nSPS) is 10.6. The first-order valence-electron chi connectivity index (χ1n) is 7.19. The number of carbonyl (C=O) groups is 2. The van der Waals surface area contributed by atoms with Gasteiger partial charge in [0.05, 0.1) is 18.7 Å². The van der Waals surface area contributed by atoms with E-state index in [0.717, 1.165) is 4.57 Å². The van der Waals surface area contributed by atoms with Gasteiger partial charge in [-0.25, -0.2) is 9.78 Å². The van der Waals surface area contributed by atoms with Gasteiger partial charge in [-0.3, -0.25) is 14.2 Å². The van der Waals surface area contributed by atoms with Gasteiger partial charge in [-0.15, -0.1) is 0 Å². The Labute approximate surface area is 132 Å². The van der Waals surface area contributed by atoms with Crippen molar-refractivity contribution < 1.29 is 18.7 Å². The molecule has 0 N–H and O–H groups in total. The fourth-order valence-electron chi connectivity index (χ4n) is 2.25. The van der Waals surface area contributed by atoms with E-state index < -0.39 is 11.5 Å². The van der Waals surface area contributed by atoms with Crippen LogP contribution in [0.2, 0.25) is 0 Å². The third-order valence-electron chi connectivity index (χ3n) is 3.39. The van der Waals surface area contributed by atoms with E-state index in [4.69, 9.17) is 9.15 Å². The van der Waals surface area contributed by atoms with Gasteiger partial charge in [0.1, 0.15) is 22.9 Å². The highest BCUT2D eigenvalue weighted by Gasteiger charge is 2.20. The van der Waals surface area contributed by atoms with Crippen molar-refractivity contribution in [1.29, 1.82) is 0 Å². The van der Waals surface area contributed by atoms with Crippen LogP contribution in [0.25, 0.3) is 0 Å². The Bertz CT molecular complexity index is 816. The summed E-state index contributed by atoms with van der Waals surface area (Å²) < 4.78 is 11.3. The third kappa shape index (κ3) is 3.39. The molecule has 0 saturated carbocycles. The molecule has 0 aliphatic rings. The Balaban J connectivity index is 2.38. The first-order chi connectivity index (χ1) is 10.8. The Morgan fingerprint density at radius 3 is 2.52 bits per heavy atom. The van der Waals surface area contributed by atoms with Gasteiger partial charge in [0, 0.05) is 6.20 Å². The summed E-state index contributed by atoms with van der Waals surface area (Å²) in [6.07, 6.45) is 1.17. The predicted octanol–water partition coefficient (Wildman–Crippen LogP) is 1.82. The maximum absolute atomic E-state index is 12.4. The first kappa shape index (κ1) is 16.7. The van der Waals surface area contributed by atoms with Crippen LogP contribution in [0.1, 0.15) is 45.0 Å². The predicted molar refractivity (Wildman–Crippen MR) is 81.7 cm³/mol. The number of Topliss-reactive ketones (excluding diaryl/α,β-unsaturated/α-hetero) is 1. The van der Waals surface area contributed by atoms with Crippen molar-refractivity contribution in [2.45, 2.75) is 34.2 Å². The number of rotatable bonds is 5. The third-order valence-corrected chi connectivity index (χ3v) is 3.39. The lowest BCUT2D eigenvalue weighted by molar-refractivity contribution is 0.0522. The van der Waals surface area contributed by atoms with Gasteiger partial charge in [-0.05, 0) is 33.8 Å². The highest BCUT2D eigenvalue weighted by Crippen LogP contribution is 2.15. The molecule has 0 fully saturated rings. The smallest absolute Gasteiger partial charge is 0.345 e. The van der Waals surface area contributed by atoms with Crippen LogP contribution in [0.4, 0.5) is 0 Å².